The van der Waals surface area contributed by atoms with Crippen LogP contribution in [-0.2, 0) is 11.2 Å². The first-order valence-electron chi connectivity index (χ1n) is 7.75. The molecule has 5 nitrogen and oxygen atoms in total. The molecule has 5 heteroatoms. The van der Waals surface area contributed by atoms with Gasteiger partial charge in [0.25, 0.3) is 0 Å². The quantitative estimate of drug-likeness (QED) is 0.803. The predicted molar refractivity (Wildman–Crippen MR) is 82.2 cm³/mol. The summed E-state index contributed by atoms with van der Waals surface area (Å²) in [6.45, 7) is 7.86. The Morgan fingerprint density at radius 1 is 1.15 bits per heavy atom. The smallest absolute Gasteiger partial charge is 0.133 e. The highest BCUT2D eigenvalue weighted by Gasteiger charge is 2.14. The number of ether oxygens (including phenoxy) is 1. The highest BCUT2D eigenvalue weighted by molar-refractivity contribution is 5.47. The Morgan fingerprint density at radius 3 is 2.50 bits per heavy atom. The van der Waals surface area contributed by atoms with Gasteiger partial charge in [-0.1, -0.05) is 6.92 Å². The molecular weight excluding hydrogens is 252 g/mol. The van der Waals surface area contributed by atoms with Gasteiger partial charge in [0.15, 0.2) is 0 Å². The van der Waals surface area contributed by atoms with Gasteiger partial charge in [0.05, 0.1) is 0 Å². The van der Waals surface area contributed by atoms with Crippen LogP contribution in [0.2, 0.25) is 0 Å². The van der Waals surface area contributed by atoms with Crippen molar-refractivity contribution in [3.63, 3.8) is 0 Å². The van der Waals surface area contributed by atoms with Crippen molar-refractivity contribution in [1.29, 1.82) is 0 Å². The number of aromatic nitrogens is 2. The number of anilines is 2. The van der Waals surface area contributed by atoms with E-state index >= 15 is 0 Å². The first-order valence-corrected chi connectivity index (χ1v) is 7.75. The van der Waals surface area contributed by atoms with Gasteiger partial charge in [0.2, 0.25) is 0 Å². The lowest BCUT2D eigenvalue weighted by molar-refractivity contribution is 0.0699. The van der Waals surface area contributed by atoms with Crippen molar-refractivity contribution in [2.45, 2.75) is 39.5 Å². The van der Waals surface area contributed by atoms with Crippen LogP contribution in [0.3, 0.4) is 0 Å². The monoisotopic (exact) mass is 278 g/mol. The zero-order valence-electron chi connectivity index (χ0n) is 12.6. The van der Waals surface area contributed by atoms with Crippen molar-refractivity contribution in [2.75, 3.05) is 36.9 Å². The molecule has 0 radical (unpaired) electrons. The zero-order chi connectivity index (χ0) is 14.2. The average Bonchev–Trinajstić information content (AvgIpc) is 2.47. The van der Waals surface area contributed by atoms with Crippen LogP contribution in [-0.4, -0.2) is 36.3 Å². The van der Waals surface area contributed by atoms with E-state index in [1.165, 1.54) is 0 Å². The Labute approximate surface area is 121 Å². The number of nitrogens with zero attached hydrogens (tertiary/aromatic N) is 2. The minimum absolute atomic E-state index is 0.691. The summed E-state index contributed by atoms with van der Waals surface area (Å²) in [6, 6.07) is 2.00. The second kappa shape index (κ2) is 8.04. The molecule has 112 valence electrons. The normalized spacial score (nSPS) is 16.1. The molecule has 1 fully saturated rings. The first kappa shape index (κ1) is 15.0. The van der Waals surface area contributed by atoms with Crippen molar-refractivity contribution in [3.8, 4) is 0 Å². The lowest BCUT2D eigenvalue weighted by atomic mass is 10.0. The number of rotatable bonds is 7. The van der Waals surface area contributed by atoms with Gasteiger partial charge in [-0.2, -0.15) is 0 Å². The van der Waals surface area contributed by atoms with Gasteiger partial charge in [0, 0.05) is 38.8 Å². The highest BCUT2D eigenvalue weighted by Crippen LogP contribution is 2.17. The van der Waals surface area contributed by atoms with E-state index in [9.17, 15) is 0 Å². The molecule has 0 atom stereocenters. The van der Waals surface area contributed by atoms with Crippen LogP contribution in [0.5, 0.6) is 0 Å². The van der Waals surface area contributed by atoms with Crippen molar-refractivity contribution >= 4 is 11.6 Å². The van der Waals surface area contributed by atoms with Crippen LogP contribution in [0.15, 0.2) is 6.07 Å². The van der Waals surface area contributed by atoms with E-state index in [-0.39, 0.29) is 0 Å². The maximum atomic E-state index is 5.39. The maximum absolute atomic E-state index is 5.39. The summed E-state index contributed by atoms with van der Waals surface area (Å²) in [5, 5.41) is 6.74. The molecule has 1 aliphatic rings. The van der Waals surface area contributed by atoms with Gasteiger partial charge in [-0.3, -0.25) is 0 Å². The second-order valence-corrected chi connectivity index (χ2v) is 5.27. The predicted octanol–water partition coefficient (Wildman–Crippen LogP) is 2.70. The Bertz CT molecular complexity index is 381. The third kappa shape index (κ3) is 4.63. The third-order valence-corrected chi connectivity index (χ3v) is 3.52. The van der Waals surface area contributed by atoms with Gasteiger partial charge in [-0.25, -0.2) is 9.97 Å². The Hall–Kier alpha value is -1.36. The molecule has 0 bridgehead atoms. The van der Waals surface area contributed by atoms with Crippen molar-refractivity contribution < 1.29 is 4.74 Å². The fourth-order valence-corrected chi connectivity index (χ4v) is 2.39. The molecule has 0 unspecified atom stereocenters. The SMILES string of the molecule is CCCc1nc(NCC)cc(NCC2CCOCC2)n1. The molecule has 1 aromatic heterocycles. The molecule has 2 N–H and O–H groups in total. The summed E-state index contributed by atoms with van der Waals surface area (Å²) in [7, 11) is 0. The summed E-state index contributed by atoms with van der Waals surface area (Å²) >= 11 is 0. The van der Waals surface area contributed by atoms with E-state index in [0.29, 0.717) is 5.92 Å². The molecule has 0 amide bonds. The second-order valence-electron chi connectivity index (χ2n) is 5.27. The summed E-state index contributed by atoms with van der Waals surface area (Å²) in [4.78, 5) is 9.12. The minimum Gasteiger partial charge on any atom is -0.381 e. The molecule has 0 saturated carbocycles. The summed E-state index contributed by atoms with van der Waals surface area (Å²) < 4.78 is 5.39. The molecule has 2 rings (SSSR count). The summed E-state index contributed by atoms with van der Waals surface area (Å²) in [5.41, 5.74) is 0. The molecule has 20 heavy (non-hydrogen) atoms. The molecule has 1 aromatic rings. The van der Waals surface area contributed by atoms with Gasteiger partial charge >= 0.3 is 0 Å². The molecule has 0 spiro atoms. The highest BCUT2D eigenvalue weighted by atomic mass is 16.5. The van der Waals surface area contributed by atoms with Gasteiger partial charge < -0.3 is 15.4 Å². The van der Waals surface area contributed by atoms with E-state index in [1.54, 1.807) is 0 Å². The Balaban J connectivity index is 1.97. The van der Waals surface area contributed by atoms with Crippen molar-refractivity contribution in [1.82, 2.24) is 9.97 Å². The van der Waals surface area contributed by atoms with E-state index < -0.39 is 0 Å². The maximum Gasteiger partial charge on any atom is 0.133 e. The van der Waals surface area contributed by atoms with E-state index in [4.69, 9.17) is 4.74 Å². The fraction of sp³-hybridized carbons (Fsp3) is 0.733. The van der Waals surface area contributed by atoms with Gasteiger partial charge in [-0.05, 0) is 32.1 Å². The van der Waals surface area contributed by atoms with Crippen LogP contribution in [0, 0.1) is 5.92 Å². The topological polar surface area (TPSA) is 59.1 Å². The molecule has 0 aromatic carbocycles. The average molecular weight is 278 g/mol. The third-order valence-electron chi connectivity index (χ3n) is 3.52. The van der Waals surface area contributed by atoms with Gasteiger partial charge in [0.1, 0.15) is 17.5 Å². The lowest BCUT2D eigenvalue weighted by Crippen LogP contribution is -2.23. The minimum atomic E-state index is 0.691. The largest absolute Gasteiger partial charge is 0.381 e. The molecule has 0 aliphatic carbocycles. The number of hydrogen-bond donors (Lipinski definition) is 2. The molecular formula is C15H26N4O. The number of nitrogens with one attached hydrogen (secondary N) is 2. The van der Waals surface area contributed by atoms with Crippen molar-refractivity contribution in [2.24, 2.45) is 5.92 Å². The summed E-state index contributed by atoms with van der Waals surface area (Å²) in [6.07, 6.45) is 4.26. The van der Waals surface area contributed by atoms with Crippen molar-refractivity contribution in [3.05, 3.63) is 11.9 Å². The van der Waals surface area contributed by atoms with Crippen LogP contribution in [0.1, 0.15) is 38.9 Å². The number of hydrogen-bond acceptors (Lipinski definition) is 5. The molecule has 2 heterocycles. The number of aryl methyl sites for hydroxylation is 1. The van der Waals surface area contributed by atoms with Crippen LogP contribution < -0.4 is 10.6 Å². The molecule has 1 saturated heterocycles. The standard InChI is InChI=1S/C15H26N4O/c1-3-5-13-18-14(16-4-2)10-15(19-13)17-11-12-6-8-20-9-7-12/h10,12H,3-9,11H2,1-2H3,(H2,16,17,18,19). The van der Waals surface area contributed by atoms with Crippen LogP contribution >= 0.6 is 0 Å². The van der Waals surface area contributed by atoms with E-state index in [1.807, 2.05) is 6.07 Å². The van der Waals surface area contributed by atoms with Crippen LogP contribution in [0.25, 0.3) is 0 Å². The van der Waals surface area contributed by atoms with E-state index in [0.717, 1.165) is 69.4 Å². The lowest BCUT2D eigenvalue weighted by Gasteiger charge is -2.22. The van der Waals surface area contributed by atoms with Crippen LogP contribution in [0.4, 0.5) is 11.6 Å². The molecule has 1 aliphatic heterocycles. The fourth-order valence-electron chi connectivity index (χ4n) is 2.39. The van der Waals surface area contributed by atoms with E-state index in [2.05, 4.69) is 34.4 Å². The Morgan fingerprint density at radius 2 is 1.85 bits per heavy atom. The zero-order valence-corrected chi connectivity index (χ0v) is 12.6. The van der Waals surface area contributed by atoms with Gasteiger partial charge in [-0.15, -0.1) is 0 Å². The first-order chi connectivity index (χ1) is 9.81. The Kier molecular flexibility index (Phi) is 6.05. The summed E-state index contributed by atoms with van der Waals surface area (Å²) in [5.74, 6) is 3.46.